The molecule has 0 aliphatic rings. The van der Waals surface area contributed by atoms with E-state index in [1.165, 1.54) is 4.90 Å². The van der Waals surface area contributed by atoms with Crippen molar-refractivity contribution in [3.63, 3.8) is 0 Å². The van der Waals surface area contributed by atoms with Crippen LogP contribution in [0.3, 0.4) is 0 Å². The lowest BCUT2D eigenvalue weighted by Gasteiger charge is -2.25. The molecule has 0 radical (unpaired) electrons. The Morgan fingerprint density at radius 3 is 2.46 bits per heavy atom. The number of para-hydroxylation sites is 1. The van der Waals surface area contributed by atoms with Crippen molar-refractivity contribution in [1.82, 2.24) is 5.32 Å². The van der Waals surface area contributed by atoms with E-state index in [-0.39, 0.29) is 12.6 Å². The Balaban J connectivity index is 2.68. The van der Waals surface area contributed by atoms with Gasteiger partial charge in [0.1, 0.15) is 5.60 Å². The number of hydrogen-bond donors (Lipinski definition) is 2. The minimum atomic E-state index is -1.03. The van der Waals surface area contributed by atoms with Crippen LogP contribution in [0.5, 0.6) is 0 Å². The van der Waals surface area contributed by atoms with Gasteiger partial charge < -0.3 is 15.2 Å². The number of amides is 2. The second-order valence-electron chi connectivity index (χ2n) is 6.43. The first-order valence-electron chi connectivity index (χ1n) is 7.89. The van der Waals surface area contributed by atoms with Gasteiger partial charge in [-0.2, -0.15) is 0 Å². The molecule has 1 aromatic carbocycles. The molecule has 0 heterocycles. The molecule has 2 amide bonds. The highest BCUT2D eigenvalue weighted by atomic mass is 16.6. The third kappa shape index (κ3) is 7.17. The Kier molecular flexibility index (Phi) is 7.30. The summed E-state index contributed by atoms with van der Waals surface area (Å²) in [6.45, 7) is 9.30. The number of benzene rings is 1. The zero-order valence-corrected chi connectivity index (χ0v) is 14.5. The van der Waals surface area contributed by atoms with E-state index >= 15 is 0 Å². The molecule has 1 aromatic rings. The third-order valence-corrected chi connectivity index (χ3v) is 3.17. The third-order valence-electron chi connectivity index (χ3n) is 3.17. The Morgan fingerprint density at radius 1 is 1.33 bits per heavy atom. The van der Waals surface area contributed by atoms with Gasteiger partial charge in [-0.3, -0.25) is 4.90 Å². The second-order valence-corrected chi connectivity index (χ2v) is 6.43. The second kappa shape index (κ2) is 8.96. The van der Waals surface area contributed by atoms with Gasteiger partial charge in [-0.05, 0) is 45.7 Å². The van der Waals surface area contributed by atoms with E-state index in [0.717, 1.165) is 0 Å². The molecule has 6 nitrogen and oxygen atoms in total. The van der Waals surface area contributed by atoms with Crippen molar-refractivity contribution < 1.29 is 19.4 Å². The fourth-order valence-corrected chi connectivity index (χ4v) is 2.15. The number of nitrogens with zero attached hydrogens (tertiary/aromatic N) is 1. The van der Waals surface area contributed by atoms with E-state index < -0.39 is 17.8 Å². The first kappa shape index (κ1) is 19.5. The molecule has 0 saturated carbocycles. The fraction of sp³-hybridized carbons (Fsp3) is 0.444. The Morgan fingerprint density at radius 2 is 1.96 bits per heavy atom. The molecule has 1 rings (SSSR count). The van der Waals surface area contributed by atoms with Gasteiger partial charge in [-0.15, -0.1) is 6.58 Å². The number of carboxylic acid groups (broad SMARTS) is 1. The van der Waals surface area contributed by atoms with Crippen LogP contribution in [0.2, 0.25) is 0 Å². The SMILES string of the molecule is C=CCC(CCN(C(=O)O)c1ccccc1)NC(=O)OC(C)(C)C. The molecule has 0 spiro atoms. The minimum absolute atomic E-state index is 0.247. The number of carbonyl (C=O) groups is 2. The molecule has 1 unspecified atom stereocenters. The summed E-state index contributed by atoms with van der Waals surface area (Å²) in [6, 6.07) is 8.61. The standard InChI is InChI=1S/C18H26N2O4/c1-5-9-14(19-16(21)24-18(2,3)4)12-13-20(17(22)23)15-10-7-6-8-11-15/h5-8,10-11,14H,1,9,12-13H2,2-4H3,(H,19,21)(H,22,23). The zero-order chi connectivity index (χ0) is 18.2. The van der Waals surface area contributed by atoms with Gasteiger partial charge in [0, 0.05) is 18.3 Å². The monoisotopic (exact) mass is 334 g/mol. The number of nitrogens with one attached hydrogen (secondary N) is 1. The minimum Gasteiger partial charge on any atom is -0.465 e. The Hall–Kier alpha value is -2.50. The molecule has 24 heavy (non-hydrogen) atoms. The normalized spacial score (nSPS) is 12.1. The number of hydrogen-bond acceptors (Lipinski definition) is 3. The fourth-order valence-electron chi connectivity index (χ4n) is 2.15. The molecule has 0 aliphatic carbocycles. The number of carbonyl (C=O) groups excluding carboxylic acids is 1. The van der Waals surface area contributed by atoms with Crippen LogP contribution in [-0.4, -0.2) is 35.5 Å². The molecule has 132 valence electrons. The Labute approximate surface area is 143 Å². The summed E-state index contributed by atoms with van der Waals surface area (Å²) in [7, 11) is 0. The van der Waals surface area contributed by atoms with E-state index in [0.29, 0.717) is 18.5 Å². The van der Waals surface area contributed by atoms with E-state index in [1.807, 2.05) is 6.07 Å². The van der Waals surface area contributed by atoms with Crippen molar-refractivity contribution in [2.24, 2.45) is 0 Å². The lowest BCUT2D eigenvalue weighted by atomic mass is 10.1. The maximum absolute atomic E-state index is 11.9. The van der Waals surface area contributed by atoms with E-state index in [4.69, 9.17) is 4.74 Å². The van der Waals surface area contributed by atoms with Gasteiger partial charge in [0.05, 0.1) is 0 Å². The van der Waals surface area contributed by atoms with Gasteiger partial charge >= 0.3 is 12.2 Å². The van der Waals surface area contributed by atoms with E-state index in [2.05, 4.69) is 11.9 Å². The van der Waals surface area contributed by atoms with Gasteiger partial charge in [0.25, 0.3) is 0 Å². The van der Waals surface area contributed by atoms with Crippen molar-refractivity contribution in [2.75, 3.05) is 11.4 Å². The molecule has 2 N–H and O–H groups in total. The van der Waals surface area contributed by atoms with Crippen LogP contribution in [0.15, 0.2) is 43.0 Å². The number of rotatable bonds is 7. The van der Waals surface area contributed by atoms with Crippen LogP contribution in [-0.2, 0) is 4.74 Å². The van der Waals surface area contributed by atoms with E-state index in [9.17, 15) is 14.7 Å². The lowest BCUT2D eigenvalue weighted by molar-refractivity contribution is 0.0503. The van der Waals surface area contributed by atoms with Crippen LogP contribution in [0.1, 0.15) is 33.6 Å². The maximum Gasteiger partial charge on any atom is 0.411 e. The summed E-state index contributed by atoms with van der Waals surface area (Å²) in [4.78, 5) is 24.6. The van der Waals surface area contributed by atoms with Gasteiger partial charge in [0.2, 0.25) is 0 Å². The van der Waals surface area contributed by atoms with Gasteiger partial charge in [-0.25, -0.2) is 9.59 Å². The zero-order valence-electron chi connectivity index (χ0n) is 14.5. The van der Waals surface area contributed by atoms with E-state index in [1.54, 1.807) is 51.1 Å². The predicted octanol–water partition coefficient (Wildman–Crippen LogP) is 4.03. The molecular weight excluding hydrogens is 308 g/mol. The summed E-state index contributed by atoms with van der Waals surface area (Å²) < 4.78 is 5.24. The van der Waals surface area contributed by atoms with Crippen molar-refractivity contribution in [2.45, 2.75) is 45.3 Å². The van der Waals surface area contributed by atoms with Crippen molar-refractivity contribution in [3.05, 3.63) is 43.0 Å². The van der Waals surface area contributed by atoms with Crippen molar-refractivity contribution >= 4 is 17.9 Å². The molecule has 6 heteroatoms. The molecule has 0 saturated heterocycles. The molecular formula is C18H26N2O4. The summed E-state index contributed by atoms with van der Waals surface area (Å²) >= 11 is 0. The first-order chi connectivity index (χ1) is 11.2. The average Bonchev–Trinajstić information content (AvgIpc) is 2.46. The van der Waals surface area contributed by atoms with Crippen LogP contribution >= 0.6 is 0 Å². The Bertz CT molecular complexity index is 552. The summed E-state index contributed by atoms with van der Waals surface area (Å²) in [5, 5.41) is 12.2. The number of ether oxygens (including phenoxy) is 1. The first-order valence-corrected chi connectivity index (χ1v) is 7.89. The summed E-state index contributed by atoms with van der Waals surface area (Å²) in [6.07, 6.45) is 1.12. The van der Waals surface area contributed by atoms with Crippen molar-refractivity contribution in [1.29, 1.82) is 0 Å². The van der Waals surface area contributed by atoms with Crippen LogP contribution in [0.4, 0.5) is 15.3 Å². The highest BCUT2D eigenvalue weighted by molar-refractivity contribution is 5.85. The highest BCUT2D eigenvalue weighted by Crippen LogP contribution is 2.15. The molecule has 1 atom stereocenters. The quantitative estimate of drug-likeness (QED) is 0.738. The predicted molar refractivity (Wildman–Crippen MR) is 94.4 cm³/mol. The van der Waals surface area contributed by atoms with Crippen LogP contribution in [0, 0.1) is 0 Å². The van der Waals surface area contributed by atoms with Gasteiger partial charge in [-0.1, -0.05) is 24.3 Å². The summed E-state index contributed by atoms with van der Waals surface area (Å²) in [5.41, 5.74) is 0.0135. The van der Waals surface area contributed by atoms with Crippen molar-refractivity contribution in [3.8, 4) is 0 Å². The van der Waals surface area contributed by atoms with Crippen LogP contribution in [0.25, 0.3) is 0 Å². The largest absolute Gasteiger partial charge is 0.465 e. The summed E-state index contributed by atoms with van der Waals surface area (Å²) in [5.74, 6) is 0. The molecule has 0 aromatic heterocycles. The molecule has 0 bridgehead atoms. The molecule has 0 fully saturated rings. The maximum atomic E-state index is 11.9. The van der Waals surface area contributed by atoms with Gasteiger partial charge in [0.15, 0.2) is 0 Å². The smallest absolute Gasteiger partial charge is 0.411 e. The van der Waals surface area contributed by atoms with Crippen LogP contribution < -0.4 is 10.2 Å². The lowest BCUT2D eigenvalue weighted by Crippen LogP contribution is -2.41. The highest BCUT2D eigenvalue weighted by Gasteiger charge is 2.21. The topological polar surface area (TPSA) is 78.9 Å². The average molecular weight is 334 g/mol. The molecule has 0 aliphatic heterocycles. The number of alkyl carbamates (subject to hydrolysis) is 1. The number of anilines is 1.